The molecule has 7 nitrogen and oxygen atoms in total. The molecule has 2 heterocycles. The lowest BCUT2D eigenvalue weighted by Crippen LogP contribution is -2.43. The Morgan fingerprint density at radius 3 is 2.86 bits per heavy atom. The van der Waals surface area contributed by atoms with Gasteiger partial charge in [0.1, 0.15) is 12.4 Å². The van der Waals surface area contributed by atoms with Gasteiger partial charge in [0.05, 0.1) is 6.61 Å². The number of hydrogen-bond donors (Lipinski definition) is 1. The van der Waals surface area contributed by atoms with Crippen LogP contribution in [0.2, 0.25) is 0 Å². The van der Waals surface area contributed by atoms with Crippen LogP contribution in [-0.4, -0.2) is 33.2 Å². The third-order valence-corrected chi connectivity index (χ3v) is 3.35. The molecule has 7 heteroatoms. The summed E-state index contributed by atoms with van der Waals surface area (Å²) in [6, 6.07) is 8.70. The number of esters is 1. The number of aromatic nitrogens is 3. The first kappa shape index (κ1) is 13.3. The van der Waals surface area contributed by atoms with Crippen LogP contribution in [0.4, 0.5) is 5.95 Å². The highest BCUT2D eigenvalue weighted by Gasteiger charge is 2.43. The predicted molar refractivity (Wildman–Crippen MR) is 73.4 cm³/mol. The van der Waals surface area contributed by atoms with Crippen LogP contribution in [0.3, 0.4) is 0 Å². The Morgan fingerprint density at radius 2 is 2.14 bits per heavy atom. The highest BCUT2D eigenvalue weighted by Crippen LogP contribution is 2.33. The lowest BCUT2D eigenvalue weighted by atomic mass is 9.91. The molecule has 0 saturated carbocycles. The van der Waals surface area contributed by atoms with Gasteiger partial charge >= 0.3 is 5.97 Å². The van der Waals surface area contributed by atoms with Gasteiger partial charge in [0.2, 0.25) is 11.9 Å². The van der Waals surface area contributed by atoms with Crippen LogP contribution in [-0.2, 0) is 14.3 Å². The van der Waals surface area contributed by atoms with Crippen molar-refractivity contribution in [1.82, 2.24) is 14.8 Å². The fraction of sp³-hybridized carbons (Fsp3) is 0.286. The summed E-state index contributed by atoms with van der Waals surface area (Å²) in [6.45, 7) is 1.92. The molecule has 0 aliphatic carbocycles. The first-order valence-electron chi connectivity index (χ1n) is 6.64. The van der Waals surface area contributed by atoms with E-state index in [1.807, 2.05) is 30.3 Å². The maximum atomic E-state index is 12.3. The van der Waals surface area contributed by atoms with Crippen LogP contribution < -0.4 is 5.32 Å². The van der Waals surface area contributed by atoms with E-state index in [1.54, 1.807) is 11.6 Å². The SMILES string of the molecule is CCOC(=O)C1C(=O)Nc2ncnn2C1c1ccccc1. The van der Waals surface area contributed by atoms with Gasteiger partial charge in [0.15, 0.2) is 5.92 Å². The molecule has 1 aromatic heterocycles. The number of nitrogens with zero attached hydrogens (tertiary/aromatic N) is 3. The van der Waals surface area contributed by atoms with E-state index in [4.69, 9.17) is 4.74 Å². The largest absolute Gasteiger partial charge is 0.465 e. The summed E-state index contributed by atoms with van der Waals surface area (Å²) < 4.78 is 6.57. The molecule has 2 unspecified atom stereocenters. The first-order valence-corrected chi connectivity index (χ1v) is 6.64. The van der Waals surface area contributed by atoms with Gasteiger partial charge in [-0.05, 0) is 12.5 Å². The molecule has 0 spiro atoms. The third-order valence-electron chi connectivity index (χ3n) is 3.35. The van der Waals surface area contributed by atoms with Crippen LogP contribution in [0.5, 0.6) is 0 Å². The van der Waals surface area contributed by atoms with E-state index in [0.29, 0.717) is 5.95 Å². The minimum absolute atomic E-state index is 0.217. The van der Waals surface area contributed by atoms with Gasteiger partial charge in [-0.2, -0.15) is 10.1 Å². The average Bonchev–Trinajstić information content (AvgIpc) is 2.94. The minimum atomic E-state index is -0.985. The zero-order chi connectivity index (χ0) is 14.8. The molecule has 3 rings (SSSR count). The van der Waals surface area contributed by atoms with Crippen LogP contribution in [0, 0.1) is 5.92 Å². The summed E-state index contributed by atoms with van der Waals surface area (Å²) in [6.07, 6.45) is 1.35. The second-order valence-corrected chi connectivity index (χ2v) is 4.60. The number of anilines is 1. The van der Waals surface area contributed by atoms with Crippen molar-refractivity contribution in [3.8, 4) is 0 Å². The van der Waals surface area contributed by atoms with Crippen molar-refractivity contribution < 1.29 is 14.3 Å². The van der Waals surface area contributed by atoms with Crippen LogP contribution in [0.1, 0.15) is 18.5 Å². The Balaban J connectivity index is 2.09. The Bertz CT molecular complexity index is 668. The van der Waals surface area contributed by atoms with E-state index < -0.39 is 23.8 Å². The van der Waals surface area contributed by atoms with Crippen molar-refractivity contribution >= 4 is 17.8 Å². The molecule has 2 aromatic rings. The Hall–Kier alpha value is -2.70. The van der Waals surface area contributed by atoms with E-state index in [-0.39, 0.29) is 6.61 Å². The van der Waals surface area contributed by atoms with E-state index in [0.717, 1.165) is 5.56 Å². The summed E-state index contributed by atoms with van der Waals surface area (Å²) >= 11 is 0. The highest BCUT2D eigenvalue weighted by molar-refractivity contribution is 6.06. The molecule has 2 atom stereocenters. The van der Waals surface area contributed by atoms with Gasteiger partial charge in [0, 0.05) is 0 Å². The van der Waals surface area contributed by atoms with E-state index in [1.165, 1.54) is 6.33 Å². The molecule has 1 amide bonds. The standard InChI is InChI=1S/C14H14N4O3/c1-2-21-13(20)10-11(9-6-4-3-5-7-9)18-14(15-8-16-18)17-12(10)19/h3-8,10-11H,2H2,1H3,(H,15,16,17,19). The number of nitrogens with one attached hydrogen (secondary N) is 1. The fourth-order valence-electron chi connectivity index (χ4n) is 2.47. The molecule has 1 aliphatic rings. The van der Waals surface area contributed by atoms with E-state index >= 15 is 0 Å². The molecule has 108 valence electrons. The lowest BCUT2D eigenvalue weighted by molar-refractivity contribution is -0.152. The van der Waals surface area contributed by atoms with Gasteiger partial charge in [-0.15, -0.1) is 0 Å². The van der Waals surface area contributed by atoms with Crippen molar-refractivity contribution in [3.05, 3.63) is 42.2 Å². The molecular formula is C14H14N4O3. The van der Waals surface area contributed by atoms with Crippen molar-refractivity contribution in [2.45, 2.75) is 13.0 Å². The molecule has 0 saturated heterocycles. The first-order chi connectivity index (χ1) is 10.2. The van der Waals surface area contributed by atoms with Gasteiger partial charge < -0.3 is 4.74 Å². The van der Waals surface area contributed by atoms with Crippen LogP contribution in [0.25, 0.3) is 0 Å². The Kier molecular flexibility index (Phi) is 3.39. The Labute approximate surface area is 120 Å². The van der Waals surface area contributed by atoms with Crippen molar-refractivity contribution in [1.29, 1.82) is 0 Å². The normalized spacial score (nSPS) is 20.5. The molecule has 0 bridgehead atoms. The van der Waals surface area contributed by atoms with Crippen LogP contribution in [0.15, 0.2) is 36.7 Å². The molecule has 0 radical (unpaired) electrons. The van der Waals surface area contributed by atoms with Gasteiger partial charge in [-0.3, -0.25) is 14.9 Å². The fourth-order valence-corrected chi connectivity index (χ4v) is 2.47. The summed E-state index contributed by atoms with van der Waals surface area (Å²) in [5.74, 6) is -1.65. The van der Waals surface area contributed by atoms with Crippen molar-refractivity contribution in [2.24, 2.45) is 5.92 Å². The number of fused-ring (bicyclic) bond motifs is 1. The summed E-state index contributed by atoms with van der Waals surface area (Å²) in [5, 5.41) is 6.70. The number of carbonyl (C=O) groups is 2. The topological polar surface area (TPSA) is 86.1 Å². The van der Waals surface area contributed by atoms with Gasteiger partial charge in [0.25, 0.3) is 0 Å². The molecule has 21 heavy (non-hydrogen) atoms. The van der Waals surface area contributed by atoms with E-state index in [9.17, 15) is 9.59 Å². The van der Waals surface area contributed by atoms with Crippen molar-refractivity contribution in [2.75, 3.05) is 11.9 Å². The number of amides is 1. The summed E-state index contributed by atoms with van der Waals surface area (Å²) in [4.78, 5) is 28.4. The molecular weight excluding hydrogens is 272 g/mol. The van der Waals surface area contributed by atoms with Crippen LogP contribution >= 0.6 is 0 Å². The number of rotatable bonds is 3. The monoisotopic (exact) mass is 286 g/mol. The minimum Gasteiger partial charge on any atom is -0.465 e. The number of ether oxygens (including phenoxy) is 1. The zero-order valence-electron chi connectivity index (χ0n) is 11.4. The average molecular weight is 286 g/mol. The van der Waals surface area contributed by atoms with Gasteiger partial charge in [-0.25, -0.2) is 4.68 Å². The second kappa shape index (κ2) is 5.35. The van der Waals surface area contributed by atoms with Gasteiger partial charge in [-0.1, -0.05) is 30.3 Å². The molecule has 1 aromatic carbocycles. The highest BCUT2D eigenvalue weighted by atomic mass is 16.5. The molecule has 1 N–H and O–H groups in total. The summed E-state index contributed by atoms with van der Waals surface area (Å²) in [7, 11) is 0. The molecule has 1 aliphatic heterocycles. The number of carbonyl (C=O) groups excluding carboxylic acids is 2. The lowest BCUT2D eigenvalue weighted by Gasteiger charge is -2.30. The predicted octanol–water partition coefficient (Wildman–Crippen LogP) is 0.999. The van der Waals surface area contributed by atoms with Crippen molar-refractivity contribution in [3.63, 3.8) is 0 Å². The smallest absolute Gasteiger partial charge is 0.321 e. The summed E-state index contributed by atoms with van der Waals surface area (Å²) in [5.41, 5.74) is 0.803. The quantitative estimate of drug-likeness (QED) is 0.672. The Morgan fingerprint density at radius 1 is 1.38 bits per heavy atom. The maximum Gasteiger partial charge on any atom is 0.321 e. The zero-order valence-corrected chi connectivity index (χ0v) is 11.4. The maximum absolute atomic E-state index is 12.3. The number of benzene rings is 1. The second-order valence-electron chi connectivity index (χ2n) is 4.60. The number of hydrogen-bond acceptors (Lipinski definition) is 5. The third kappa shape index (κ3) is 2.26. The van der Waals surface area contributed by atoms with E-state index in [2.05, 4.69) is 15.4 Å². The molecule has 0 fully saturated rings.